The second-order valence-corrected chi connectivity index (χ2v) is 4.99. The van der Waals surface area contributed by atoms with E-state index in [2.05, 4.69) is 56.8 Å². The van der Waals surface area contributed by atoms with E-state index in [4.69, 9.17) is 0 Å². The zero-order valence-electron chi connectivity index (χ0n) is 12.0. The van der Waals surface area contributed by atoms with Gasteiger partial charge in [0.25, 0.3) is 0 Å². The molecule has 2 aromatic carbocycles. The number of nitrogens with zero attached hydrogens (tertiary/aromatic N) is 1. The molecule has 0 heterocycles. The van der Waals surface area contributed by atoms with Gasteiger partial charge in [-0.3, -0.25) is 0 Å². The average molecular weight is 249 g/mol. The Morgan fingerprint density at radius 3 is 2.21 bits per heavy atom. The molecule has 0 aliphatic carbocycles. The maximum atomic E-state index is 3.30. The topological polar surface area (TPSA) is 3.24 Å². The third kappa shape index (κ3) is 3.17. The second kappa shape index (κ2) is 5.63. The molecule has 0 radical (unpaired) electrons. The fourth-order valence-corrected chi connectivity index (χ4v) is 2.31. The number of aryl methyl sites for hydroxylation is 2. The smallest absolute Gasteiger partial charge is 0.0550 e. The van der Waals surface area contributed by atoms with E-state index in [0.717, 1.165) is 11.1 Å². The minimum Gasteiger partial charge on any atom is -0.376 e. The monoisotopic (exact) mass is 249 g/mol. The van der Waals surface area contributed by atoms with E-state index in [1.165, 1.54) is 16.8 Å². The lowest BCUT2D eigenvalue weighted by atomic mass is 10.0. The summed E-state index contributed by atoms with van der Waals surface area (Å²) >= 11 is 0. The van der Waals surface area contributed by atoms with Crippen molar-refractivity contribution < 1.29 is 0 Å². The number of rotatable bonds is 1. The summed E-state index contributed by atoms with van der Waals surface area (Å²) in [4.78, 5) is 2.13. The first-order valence-electron chi connectivity index (χ1n) is 6.43. The standard InChI is InChI=1S/C18H19N/c1-14-12-15(2)18(19(3)4)17(13-14)11-10-16-8-6-5-7-9-16/h5-9,12-13H,1-4H3. The van der Waals surface area contributed by atoms with E-state index < -0.39 is 0 Å². The molecule has 0 bridgehead atoms. The van der Waals surface area contributed by atoms with E-state index in [-0.39, 0.29) is 0 Å². The van der Waals surface area contributed by atoms with Gasteiger partial charge in [-0.25, -0.2) is 0 Å². The average Bonchev–Trinajstić information content (AvgIpc) is 2.36. The summed E-state index contributed by atoms with van der Waals surface area (Å²) in [7, 11) is 4.12. The molecule has 0 saturated heterocycles. The zero-order valence-corrected chi connectivity index (χ0v) is 12.0. The highest BCUT2D eigenvalue weighted by Crippen LogP contribution is 2.24. The van der Waals surface area contributed by atoms with Crippen molar-refractivity contribution in [2.45, 2.75) is 13.8 Å². The first-order chi connectivity index (χ1) is 9.08. The third-order valence-corrected chi connectivity index (χ3v) is 3.01. The van der Waals surface area contributed by atoms with Crippen LogP contribution in [0.25, 0.3) is 0 Å². The highest BCUT2D eigenvalue weighted by atomic mass is 15.1. The molecule has 0 atom stereocenters. The van der Waals surface area contributed by atoms with Gasteiger partial charge in [0, 0.05) is 25.2 Å². The van der Waals surface area contributed by atoms with E-state index in [1.54, 1.807) is 0 Å². The van der Waals surface area contributed by atoms with E-state index in [9.17, 15) is 0 Å². The lowest BCUT2D eigenvalue weighted by Gasteiger charge is -2.18. The van der Waals surface area contributed by atoms with Crippen molar-refractivity contribution in [3.05, 3.63) is 64.7 Å². The van der Waals surface area contributed by atoms with Gasteiger partial charge in [0.05, 0.1) is 5.69 Å². The first-order valence-corrected chi connectivity index (χ1v) is 6.43. The minimum atomic E-state index is 1.05. The lowest BCUT2D eigenvalue weighted by molar-refractivity contribution is 1.10. The molecule has 2 rings (SSSR count). The Morgan fingerprint density at radius 2 is 1.58 bits per heavy atom. The molecular weight excluding hydrogens is 230 g/mol. The van der Waals surface area contributed by atoms with Crippen LogP contribution >= 0.6 is 0 Å². The maximum Gasteiger partial charge on any atom is 0.0550 e. The molecule has 2 aromatic rings. The van der Waals surface area contributed by atoms with Gasteiger partial charge in [0.2, 0.25) is 0 Å². The van der Waals surface area contributed by atoms with Gasteiger partial charge in [0.1, 0.15) is 0 Å². The molecule has 0 aliphatic rings. The van der Waals surface area contributed by atoms with Crippen LogP contribution in [0.4, 0.5) is 5.69 Å². The van der Waals surface area contributed by atoms with Crippen molar-refractivity contribution in [3.8, 4) is 11.8 Å². The van der Waals surface area contributed by atoms with Gasteiger partial charge in [-0.2, -0.15) is 0 Å². The Bertz CT molecular complexity index is 628. The van der Waals surface area contributed by atoms with E-state index in [1.807, 2.05) is 30.3 Å². The van der Waals surface area contributed by atoms with Crippen LogP contribution in [-0.2, 0) is 0 Å². The van der Waals surface area contributed by atoms with Crippen LogP contribution in [0, 0.1) is 25.7 Å². The fourth-order valence-electron chi connectivity index (χ4n) is 2.31. The SMILES string of the molecule is Cc1cc(C)c(N(C)C)c(C#Cc2ccccc2)c1. The first kappa shape index (κ1) is 13.2. The molecule has 0 spiro atoms. The van der Waals surface area contributed by atoms with Crippen LogP contribution < -0.4 is 4.90 Å². The number of anilines is 1. The Balaban J connectivity index is 2.48. The number of hydrogen-bond acceptors (Lipinski definition) is 1. The summed E-state index contributed by atoms with van der Waals surface area (Å²) in [6.45, 7) is 4.25. The van der Waals surface area contributed by atoms with E-state index in [0.29, 0.717) is 0 Å². The van der Waals surface area contributed by atoms with Crippen LogP contribution in [0.5, 0.6) is 0 Å². The third-order valence-electron chi connectivity index (χ3n) is 3.01. The molecule has 1 nitrogen and oxygen atoms in total. The van der Waals surface area contributed by atoms with Gasteiger partial charge in [0.15, 0.2) is 0 Å². The Kier molecular flexibility index (Phi) is 3.92. The van der Waals surface area contributed by atoms with Crippen molar-refractivity contribution >= 4 is 5.69 Å². The van der Waals surface area contributed by atoms with Crippen molar-refractivity contribution in [2.24, 2.45) is 0 Å². The van der Waals surface area contributed by atoms with Gasteiger partial charge in [-0.1, -0.05) is 36.1 Å². The van der Waals surface area contributed by atoms with Crippen molar-refractivity contribution in [3.63, 3.8) is 0 Å². The molecule has 1 heteroatoms. The predicted molar refractivity (Wildman–Crippen MR) is 82.7 cm³/mol. The number of hydrogen-bond donors (Lipinski definition) is 0. The second-order valence-electron chi connectivity index (χ2n) is 4.99. The number of benzene rings is 2. The van der Waals surface area contributed by atoms with Crippen molar-refractivity contribution in [1.82, 2.24) is 0 Å². The highest BCUT2D eigenvalue weighted by molar-refractivity contribution is 5.66. The van der Waals surface area contributed by atoms with Crippen LogP contribution in [0.2, 0.25) is 0 Å². The summed E-state index contributed by atoms with van der Waals surface area (Å²) in [5, 5.41) is 0. The summed E-state index contributed by atoms with van der Waals surface area (Å²) < 4.78 is 0. The molecule has 0 unspecified atom stereocenters. The summed E-state index contributed by atoms with van der Waals surface area (Å²) in [5.74, 6) is 6.53. The fraction of sp³-hybridized carbons (Fsp3) is 0.222. The van der Waals surface area contributed by atoms with Crippen LogP contribution in [0.1, 0.15) is 22.3 Å². The normalized spacial score (nSPS) is 9.68. The van der Waals surface area contributed by atoms with E-state index >= 15 is 0 Å². The van der Waals surface area contributed by atoms with Gasteiger partial charge in [-0.05, 0) is 43.2 Å². The minimum absolute atomic E-state index is 1.05. The summed E-state index contributed by atoms with van der Waals surface area (Å²) in [6, 6.07) is 14.4. The van der Waals surface area contributed by atoms with Crippen molar-refractivity contribution in [2.75, 3.05) is 19.0 Å². The zero-order chi connectivity index (χ0) is 13.8. The molecule has 96 valence electrons. The molecule has 0 N–H and O–H groups in total. The highest BCUT2D eigenvalue weighted by Gasteiger charge is 2.07. The molecule has 0 saturated carbocycles. The molecule has 0 fully saturated rings. The van der Waals surface area contributed by atoms with Crippen LogP contribution in [0.3, 0.4) is 0 Å². The Labute approximate surface area is 115 Å². The summed E-state index contributed by atoms with van der Waals surface area (Å²) in [5.41, 5.74) is 5.86. The molecule has 19 heavy (non-hydrogen) atoms. The molecule has 0 amide bonds. The van der Waals surface area contributed by atoms with Gasteiger partial charge < -0.3 is 4.90 Å². The van der Waals surface area contributed by atoms with Gasteiger partial charge in [-0.15, -0.1) is 0 Å². The van der Waals surface area contributed by atoms with Gasteiger partial charge >= 0.3 is 0 Å². The summed E-state index contributed by atoms with van der Waals surface area (Å²) in [6.07, 6.45) is 0. The molecule has 0 aromatic heterocycles. The van der Waals surface area contributed by atoms with Crippen molar-refractivity contribution in [1.29, 1.82) is 0 Å². The van der Waals surface area contributed by atoms with Crippen LogP contribution in [-0.4, -0.2) is 14.1 Å². The Hall–Kier alpha value is -2.20. The van der Waals surface area contributed by atoms with Crippen LogP contribution in [0.15, 0.2) is 42.5 Å². The predicted octanol–water partition coefficient (Wildman–Crippen LogP) is 3.77. The lowest BCUT2D eigenvalue weighted by Crippen LogP contribution is -2.12. The Morgan fingerprint density at radius 1 is 0.895 bits per heavy atom. The molecular formula is C18H19N. The largest absolute Gasteiger partial charge is 0.376 e. The molecule has 0 aliphatic heterocycles. The maximum absolute atomic E-state index is 3.30. The quantitative estimate of drug-likeness (QED) is 0.695.